The highest BCUT2D eigenvalue weighted by Gasteiger charge is 2.15. The van der Waals surface area contributed by atoms with Gasteiger partial charge in [0.1, 0.15) is 12.7 Å². The Morgan fingerprint density at radius 2 is 2.05 bits per heavy atom. The number of carbonyl (C=O) groups is 1. The molecule has 0 N–H and O–H groups in total. The first-order valence-electron chi connectivity index (χ1n) is 5.57. The van der Waals surface area contributed by atoms with Crippen LogP contribution in [0.3, 0.4) is 0 Å². The van der Waals surface area contributed by atoms with E-state index in [0.29, 0.717) is 0 Å². The van der Waals surface area contributed by atoms with Crippen molar-refractivity contribution in [2.75, 3.05) is 7.11 Å². The summed E-state index contributed by atoms with van der Waals surface area (Å²) in [6.07, 6.45) is 6.01. The third-order valence-corrected chi connectivity index (χ3v) is 2.55. The molecular weight excluding hydrogens is 300 g/mol. The molecule has 0 unspecified atom stereocenters. The summed E-state index contributed by atoms with van der Waals surface area (Å²) in [6, 6.07) is 0. The Morgan fingerprint density at radius 1 is 1.24 bits per heavy atom. The first kappa shape index (κ1) is 13.1. The predicted molar refractivity (Wildman–Crippen MR) is 68.2 cm³/mol. The van der Waals surface area contributed by atoms with Gasteiger partial charge in [0.05, 0.1) is 7.11 Å². The van der Waals surface area contributed by atoms with Crippen LogP contribution in [0.2, 0.25) is 5.28 Å². The van der Waals surface area contributed by atoms with Crippen LogP contribution in [-0.4, -0.2) is 52.3 Å². The molecule has 0 bridgehead atoms. The number of nitrogens with zero attached hydrogens (tertiary/aromatic N) is 8. The minimum absolute atomic E-state index is 0.0289. The van der Waals surface area contributed by atoms with Gasteiger partial charge in [-0.25, -0.2) is 14.8 Å². The van der Waals surface area contributed by atoms with E-state index in [0.717, 1.165) is 0 Å². The van der Waals surface area contributed by atoms with Crippen LogP contribution >= 0.6 is 11.6 Å². The van der Waals surface area contributed by atoms with Crippen molar-refractivity contribution in [1.82, 2.24) is 39.3 Å². The summed E-state index contributed by atoms with van der Waals surface area (Å²) in [5.74, 6) is -0.402. The highest BCUT2D eigenvalue weighted by molar-refractivity contribution is 6.28. The summed E-state index contributed by atoms with van der Waals surface area (Å²) in [5, 5.41) is 3.88. The van der Waals surface area contributed by atoms with Crippen LogP contribution in [0, 0.1) is 0 Å². The SMILES string of the molecule is COC(=O)c1ncn(-c2nc(Cl)nc(-n3ccnc3)n2)n1. The maximum Gasteiger partial charge on any atom is 0.377 e. The lowest BCUT2D eigenvalue weighted by Crippen LogP contribution is -2.10. The smallest absolute Gasteiger partial charge is 0.377 e. The summed E-state index contributed by atoms with van der Waals surface area (Å²) < 4.78 is 7.27. The molecule has 3 heterocycles. The Hall–Kier alpha value is -2.88. The summed E-state index contributed by atoms with van der Waals surface area (Å²) in [6.45, 7) is 0. The molecule has 0 aromatic carbocycles. The molecule has 0 saturated carbocycles. The second kappa shape index (κ2) is 5.25. The summed E-state index contributed by atoms with van der Waals surface area (Å²) in [4.78, 5) is 31.1. The van der Waals surface area contributed by atoms with Gasteiger partial charge in [-0.15, -0.1) is 5.10 Å². The summed E-state index contributed by atoms with van der Waals surface area (Å²) >= 11 is 5.86. The molecule has 10 nitrogen and oxygen atoms in total. The van der Waals surface area contributed by atoms with Gasteiger partial charge in [-0.3, -0.25) is 4.57 Å². The van der Waals surface area contributed by atoms with Gasteiger partial charge in [0.15, 0.2) is 0 Å². The number of esters is 1. The zero-order chi connectivity index (χ0) is 14.8. The highest BCUT2D eigenvalue weighted by atomic mass is 35.5. The van der Waals surface area contributed by atoms with Gasteiger partial charge in [0.25, 0.3) is 11.8 Å². The molecular formula is C10H7ClN8O2. The number of halogens is 1. The van der Waals surface area contributed by atoms with E-state index in [9.17, 15) is 4.79 Å². The van der Waals surface area contributed by atoms with Crippen molar-refractivity contribution in [3.8, 4) is 11.9 Å². The second-order valence-electron chi connectivity index (χ2n) is 3.68. The molecule has 0 spiro atoms. The molecule has 0 aliphatic heterocycles. The average molecular weight is 307 g/mol. The van der Waals surface area contributed by atoms with Crippen molar-refractivity contribution < 1.29 is 9.53 Å². The Kier molecular flexibility index (Phi) is 3.28. The normalized spacial score (nSPS) is 10.6. The summed E-state index contributed by atoms with van der Waals surface area (Å²) in [7, 11) is 1.24. The zero-order valence-electron chi connectivity index (χ0n) is 10.6. The number of carbonyl (C=O) groups excluding carboxylic acids is 1. The molecule has 0 saturated heterocycles. The van der Waals surface area contributed by atoms with Crippen LogP contribution in [0.15, 0.2) is 25.0 Å². The fourth-order valence-corrected chi connectivity index (χ4v) is 1.62. The lowest BCUT2D eigenvalue weighted by Gasteiger charge is -2.03. The van der Waals surface area contributed by atoms with E-state index in [1.807, 2.05) is 0 Å². The highest BCUT2D eigenvalue weighted by Crippen LogP contribution is 2.09. The molecule has 0 aliphatic rings. The second-order valence-corrected chi connectivity index (χ2v) is 4.02. The number of aromatic nitrogens is 8. The number of imidazole rings is 1. The lowest BCUT2D eigenvalue weighted by molar-refractivity contribution is 0.0587. The van der Waals surface area contributed by atoms with Gasteiger partial charge >= 0.3 is 5.97 Å². The van der Waals surface area contributed by atoms with Gasteiger partial charge in [-0.2, -0.15) is 19.6 Å². The third-order valence-electron chi connectivity index (χ3n) is 2.38. The monoisotopic (exact) mass is 306 g/mol. The molecule has 106 valence electrons. The molecule has 3 aromatic rings. The fraction of sp³-hybridized carbons (Fsp3) is 0.100. The largest absolute Gasteiger partial charge is 0.463 e. The minimum atomic E-state index is -0.663. The van der Waals surface area contributed by atoms with Crippen molar-refractivity contribution in [1.29, 1.82) is 0 Å². The third kappa shape index (κ3) is 2.56. The van der Waals surface area contributed by atoms with Crippen LogP contribution in [0.4, 0.5) is 0 Å². The molecule has 0 fully saturated rings. The molecule has 3 aromatic heterocycles. The van der Waals surface area contributed by atoms with E-state index in [-0.39, 0.29) is 23.0 Å². The molecule has 0 radical (unpaired) electrons. The van der Waals surface area contributed by atoms with Gasteiger partial charge in [-0.1, -0.05) is 0 Å². The number of ether oxygens (including phenoxy) is 1. The number of methoxy groups -OCH3 is 1. The van der Waals surface area contributed by atoms with E-state index in [1.165, 1.54) is 24.4 Å². The van der Waals surface area contributed by atoms with Crippen LogP contribution in [-0.2, 0) is 4.74 Å². The van der Waals surface area contributed by atoms with Crippen molar-refractivity contribution in [3.05, 3.63) is 36.2 Å². The van der Waals surface area contributed by atoms with Gasteiger partial charge in [0.2, 0.25) is 11.2 Å². The Balaban J connectivity index is 2.02. The molecule has 0 aliphatic carbocycles. The predicted octanol–water partition coefficient (Wildman–Crippen LogP) is 0.0780. The molecule has 11 heteroatoms. The number of hydrogen-bond donors (Lipinski definition) is 0. The summed E-state index contributed by atoms with van der Waals surface area (Å²) in [5.41, 5.74) is 0. The van der Waals surface area contributed by atoms with Gasteiger partial charge in [0, 0.05) is 12.4 Å². The Morgan fingerprint density at radius 3 is 2.76 bits per heavy atom. The van der Waals surface area contributed by atoms with E-state index >= 15 is 0 Å². The maximum atomic E-state index is 11.3. The van der Waals surface area contributed by atoms with Gasteiger partial charge < -0.3 is 4.74 Å². The minimum Gasteiger partial charge on any atom is -0.463 e. The quantitative estimate of drug-likeness (QED) is 0.625. The first-order chi connectivity index (χ1) is 10.2. The lowest BCUT2D eigenvalue weighted by atomic mass is 10.6. The maximum absolute atomic E-state index is 11.3. The topological polar surface area (TPSA) is 114 Å². The van der Waals surface area contributed by atoms with Crippen molar-refractivity contribution in [2.24, 2.45) is 0 Å². The van der Waals surface area contributed by atoms with E-state index < -0.39 is 5.97 Å². The van der Waals surface area contributed by atoms with Crippen LogP contribution in [0.5, 0.6) is 0 Å². The van der Waals surface area contributed by atoms with Crippen molar-refractivity contribution in [2.45, 2.75) is 0 Å². The van der Waals surface area contributed by atoms with Crippen molar-refractivity contribution >= 4 is 17.6 Å². The standard InChI is InChI=1S/C10H7ClN8O2/c1-21-7(20)6-13-5-19(17-6)10-15-8(11)14-9(16-10)18-3-2-12-4-18/h2-5H,1H3. The molecule has 0 amide bonds. The fourth-order valence-electron chi connectivity index (χ4n) is 1.47. The molecule has 0 atom stereocenters. The Bertz CT molecular complexity index is 784. The van der Waals surface area contributed by atoms with E-state index in [2.05, 4.69) is 34.8 Å². The molecule has 3 rings (SSSR count). The van der Waals surface area contributed by atoms with E-state index in [4.69, 9.17) is 11.6 Å². The number of hydrogen-bond acceptors (Lipinski definition) is 8. The van der Waals surface area contributed by atoms with Crippen LogP contribution in [0.1, 0.15) is 10.6 Å². The van der Waals surface area contributed by atoms with Crippen LogP contribution in [0.25, 0.3) is 11.9 Å². The van der Waals surface area contributed by atoms with Gasteiger partial charge in [-0.05, 0) is 11.6 Å². The van der Waals surface area contributed by atoms with Crippen LogP contribution < -0.4 is 0 Å². The Labute approximate surface area is 122 Å². The zero-order valence-corrected chi connectivity index (χ0v) is 11.3. The average Bonchev–Trinajstić information content (AvgIpc) is 3.17. The first-order valence-corrected chi connectivity index (χ1v) is 5.95. The van der Waals surface area contributed by atoms with E-state index in [1.54, 1.807) is 17.0 Å². The molecule has 21 heavy (non-hydrogen) atoms. The number of rotatable bonds is 3. The van der Waals surface area contributed by atoms with Crippen molar-refractivity contribution in [3.63, 3.8) is 0 Å².